The summed E-state index contributed by atoms with van der Waals surface area (Å²) in [4.78, 5) is 6.63. The van der Waals surface area contributed by atoms with Gasteiger partial charge in [-0.3, -0.25) is 4.99 Å². The van der Waals surface area contributed by atoms with Crippen molar-refractivity contribution in [1.82, 2.24) is 0 Å². The van der Waals surface area contributed by atoms with Gasteiger partial charge in [-0.25, -0.2) is 0 Å². The summed E-state index contributed by atoms with van der Waals surface area (Å²) in [5.41, 5.74) is 8.49. The highest BCUT2D eigenvalue weighted by Gasteiger charge is 2.31. The fourth-order valence-electron chi connectivity index (χ4n) is 2.70. The van der Waals surface area contributed by atoms with E-state index in [1.807, 2.05) is 0 Å². The molecule has 2 unspecified atom stereocenters. The molecule has 1 aliphatic rings. The van der Waals surface area contributed by atoms with E-state index in [9.17, 15) is 0 Å². The fourth-order valence-corrected chi connectivity index (χ4v) is 2.70. The van der Waals surface area contributed by atoms with Gasteiger partial charge in [-0.05, 0) is 37.0 Å². The number of aryl methyl sites for hydroxylation is 1. The molecule has 0 bridgehead atoms. The minimum Gasteiger partial charge on any atom is -0.370 e. The van der Waals surface area contributed by atoms with Crippen LogP contribution in [0.5, 0.6) is 0 Å². The van der Waals surface area contributed by atoms with Gasteiger partial charge in [0.25, 0.3) is 0 Å². The van der Waals surface area contributed by atoms with Crippen LogP contribution in [-0.2, 0) is 0 Å². The average molecular weight is 245 g/mol. The van der Waals surface area contributed by atoms with Gasteiger partial charge in [-0.2, -0.15) is 0 Å². The van der Waals surface area contributed by atoms with Crippen LogP contribution in [0.15, 0.2) is 29.3 Å². The van der Waals surface area contributed by atoms with Gasteiger partial charge in [-0.15, -0.1) is 0 Å². The Morgan fingerprint density at radius 1 is 1.50 bits per heavy atom. The zero-order chi connectivity index (χ0) is 13.1. The van der Waals surface area contributed by atoms with Crippen molar-refractivity contribution in [1.29, 1.82) is 0 Å². The lowest BCUT2D eigenvalue weighted by Crippen LogP contribution is -2.44. The largest absolute Gasteiger partial charge is 0.370 e. The first-order valence-electron chi connectivity index (χ1n) is 6.79. The number of aliphatic imine (C=N–C) groups is 1. The molecule has 98 valence electrons. The Morgan fingerprint density at radius 3 is 2.94 bits per heavy atom. The van der Waals surface area contributed by atoms with E-state index >= 15 is 0 Å². The Bertz CT molecular complexity index is 439. The van der Waals surface area contributed by atoms with Crippen molar-refractivity contribution >= 4 is 11.6 Å². The maximum absolute atomic E-state index is 6.06. The van der Waals surface area contributed by atoms with Crippen LogP contribution in [0.1, 0.15) is 32.3 Å². The number of guanidine groups is 1. The number of benzene rings is 1. The van der Waals surface area contributed by atoms with Crippen LogP contribution in [0.3, 0.4) is 0 Å². The molecule has 1 aliphatic heterocycles. The third kappa shape index (κ3) is 2.50. The quantitative estimate of drug-likeness (QED) is 0.886. The molecule has 2 rings (SSSR count). The molecule has 0 aliphatic carbocycles. The molecule has 0 aromatic heterocycles. The molecule has 0 saturated heterocycles. The average Bonchev–Trinajstić information content (AvgIpc) is 2.71. The summed E-state index contributed by atoms with van der Waals surface area (Å²) < 4.78 is 0. The van der Waals surface area contributed by atoms with Gasteiger partial charge in [0, 0.05) is 5.69 Å². The second kappa shape index (κ2) is 5.42. The molecule has 2 N–H and O–H groups in total. The lowest BCUT2D eigenvalue weighted by molar-refractivity contribution is 0.439. The van der Waals surface area contributed by atoms with E-state index in [0.717, 1.165) is 6.54 Å². The van der Waals surface area contributed by atoms with Crippen molar-refractivity contribution in [2.45, 2.75) is 39.7 Å². The minimum atomic E-state index is 0.409. The predicted octanol–water partition coefficient (Wildman–Crippen LogP) is 2.93. The van der Waals surface area contributed by atoms with E-state index in [4.69, 9.17) is 5.73 Å². The zero-order valence-corrected chi connectivity index (χ0v) is 11.6. The van der Waals surface area contributed by atoms with Gasteiger partial charge in [0.15, 0.2) is 5.96 Å². The maximum atomic E-state index is 6.06. The molecular formula is C15H23N3. The molecule has 0 radical (unpaired) electrons. The maximum Gasteiger partial charge on any atom is 0.196 e. The Labute approximate surface area is 110 Å². The van der Waals surface area contributed by atoms with Gasteiger partial charge in [0.1, 0.15) is 0 Å². The topological polar surface area (TPSA) is 41.6 Å². The van der Waals surface area contributed by atoms with Crippen LogP contribution in [-0.4, -0.2) is 18.5 Å². The number of hydrogen-bond donors (Lipinski definition) is 1. The lowest BCUT2D eigenvalue weighted by atomic mass is 9.96. The minimum absolute atomic E-state index is 0.409. The molecular weight excluding hydrogens is 222 g/mol. The molecule has 3 nitrogen and oxygen atoms in total. The Hall–Kier alpha value is -1.51. The molecule has 1 heterocycles. The number of rotatable bonds is 4. The summed E-state index contributed by atoms with van der Waals surface area (Å²) >= 11 is 0. The van der Waals surface area contributed by atoms with Gasteiger partial charge >= 0.3 is 0 Å². The second-order valence-corrected chi connectivity index (χ2v) is 5.24. The SMILES string of the molecule is CCCC(C)C1CN=C(N)N1c1cccc(C)c1. The second-order valence-electron chi connectivity index (χ2n) is 5.24. The van der Waals surface area contributed by atoms with Crippen molar-refractivity contribution in [3.8, 4) is 0 Å². The first-order chi connectivity index (χ1) is 8.63. The highest BCUT2D eigenvalue weighted by Crippen LogP contribution is 2.27. The van der Waals surface area contributed by atoms with E-state index < -0.39 is 0 Å². The third-order valence-electron chi connectivity index (χ3n) is 3.70. The highest BCUT2D eigenvalue weighted by molar-refractivity contribution is 5.97. The van der Waals surface area contributed by atoms with Crippen molar-refractivity contribution < 1.29 is 0 Å². The molecule has 0 amide bonds. The molecule has 0 spiro atoms. The van der Waals surface area contributed by atoms with Crippen molar-refractivity contribution in [2.24, 2.45) is 16.6 Å². The number of hydrogen-bond acceptors (Lipinski definition) is 3. The third-order valence-corrected chi connectivity index (χ3v) is 3.70. The van der Waals surface area contributed by atoms with Crippen LogP contribution in [0, 0.1) is 12.8 Å². The molecule has 18 heavy (non-hydrogen) atoms. The Balaban J connectivity index is 2.25. The summed E-state index contributed by atoms with van der Waals surface area (Å²) in [6.45, 7) is 7.45. The predicted molar refractivity (Wildman–Crippen MR) is 78.0 cm³/mol. The molecule has 1 aromatic carbocycles. The van der Waals surface area contributed by atoms with Crippen LogP contribution >= 0.6 is 0 Å². The van der Waals surface area contributed by atoms with E-state index in [2.05, 4.69) is 54.9 Å². The first kappa shape index (κ1) is 12.9. The molecule has 1 aromatic rings. The number of anilines is 1. The molecule has 3 heteroatoms. The monoisotopic (exact) mass is 245 g/mol. The number of nitrogens with two attached hydrogens (primary N) is 1. The van der Waals surface area contributed by atoms with E-state index in [-0.39, 0.29) is 0 Å². The Kier molecular flexibility index (Phi) is 3.90. The van der Waals surface area contributed by atoms with Crippen LogP contribution in [0.4, 0.5) is 5.69 Å². The summed E-state index contributed by atoms with van der Waals surface area (Å²) in [5, 5.41) is 0. The Morgan fingerprint density at radius 2 is 2.28 bits per heavy atom. The summed E-state index contributed by atoms with van der Waals surface area (Å²) in [6, 6.07) is 8.90. The number of nitrogens with zero attached hydrogens (tertiary/aromatic N) is 2. The van der Waals surface area contributed by atoms with Crippen molar-refractivity contribution in [3.63, 3.8) is 0 Å². The van der Waals surface area contributed by atoms with Crippen LogP contribution < -0.4 is 10.6 Å². The van der Waals surface area contributed by atoms with E-state index in [0.29, 0.717) is 17.9 Å². The zero-order valence-electron chi connectivity index (χ0n) is 11.6. The van der Waals surface area contributed by atoms with Gasteiger partial charge in [0.05, 0.1) is 12.6 Å². The van der Waals surface area contributed by atoms with Gasteiger partial charge < -0.3 is 10.6 Å². The van der Waals surface area contributed by atoms with Crippen LogP contribution in [0.25, 0.3) is 0 Å². The van der Waals surface area contributed by atoms with Gasteiger partial charge in [-0.1, -0.05) is 32.4 Å². The highest BCUT2D eigenvalue weighted by atomic mass is 15.3. The first-order valence-corrected chi connectivity index (χ1v) is 6.79. The standard InChI is InChI=1S/C15H23N3/c1-4-6-12(3)14-10-17-15(16)18(14)13-8-5-7-11(2)9-13/h5,7-9,12,14H,4,6,10H2,1-3H3,(H2,16,17). The van der Waals surface area contributed by atoms with Gasteiger partial charge in [0.2, 0.25) is 0 Å². The van der Waals surface area contributed by atoms with E-state index in [1.165, 1.54) is 24.1 Å². The lowest BCUT2D eigenvalue weighted by Gasteiger charge is -2.30. The normalized spacial score (nSPS) is 20.9. The van der Waals surface area contributed by atoms with E-state index in [1.54, 1.807) is 0 Å². The van der Waals surface area contributed by atoms with Crippen molar-refractivity contribution in [2.75, 3.05) is 11.4 Å². The smallest absolute Gasteiger partial charge is 0.196 e. The van der Waals surface area contributed by atoms with Crippen LogP contribution in [0.2, 0.25) is 0 Å². The molecule has 2 atom stereocenters. The molecule has 0 fully saturated rings. The summed E-state index contributed by atoms with van der Waals surface area (Å²) in [5.74, 6) is 1.27. The summed E-state index contributed by atoms with van der Waals surface area (Å²) in [6.07, 6.45) is 2.43. The summed E-state index contributed by atoms with van der Waals surface area (Å²) in [7, 11) is 0. The fraction of sp³-hybridized carbons (Fsp3) is 0.533. The van der Waals surface area contributed by atoms with Crippen molar-refractivity contribution in [3.05, 3.63) is 29.8 Å². The molecule has 0 saturated carbocycles.